The number of sulfonamides is 1. The molecule has 0 spiro atoms. The topological polar surface area (TPSA) is 127 Å². The molecule has 0 saturated carbocycles. The molecule has 27 heavy (non-hydrogen) atoms. The summed E-state index contributed by atoms with van der Waals surface area (Å²) >= 11 is 0. The first-order valence-electron chi connectivity index (χ1n) is 8.15. The predicted molar refractivity (Wildman–Crippen MR) is 97.4 cm³/mol. The SMILES string of the molecule is C/C=C\C1(NS(=O)(=O)c2nc3ncc(C)cn3n2)C(C)=CC=CC1C(=O)O. The van der Waals surface area contributed by atoms with Gasteiger partial charge in [-0.05, 0) is 31.9 Å². The van der Waals surface area contributed by atoms with Crippen LogP contribution >= 0.6 is 0 Å². The van der Waals surface area contributed by atoms with E-state index >= 15 is 0 Å². The van der Waals surface area contributed by atoms with Gasteiger partial charge in [-0.1, -0.05) is 30.4 Å². The lowest BCUT2D eigenvalue weighted by molar-refractivity contribution is -0.141. The third-order valence-corrected chi connectivity index (χ3v) is 5.60. The molecular weight excluding hydrogens is 370 g/mol. The summed E-state index contributed by atoms with van der Waals surface area (Å²) in [5.74, 6) is -2.14. The summed E-state index contributed by atoms with van der Waals surface area (Å²) in [6.07, 6.45) is 11.0. The van der Waals surface area contributed by atoms with Crippen LogP contribution in [0, 0.1) is 12.8 Å². The first-order valence-corrected chi connectivity index (χ1v) is 9.63. The number of carboxylic acid groups (broad SMARTS) is 1. The maximum atomic E-state index is 13.0. The summed E-state index contributed by atoms with van der Waals surface area (Å²) in [6.45, 7) is 5.15. The quantitative estimate of drug-likeness (QED) is 0.737. The minimum Gasteiger partial charge on any atom is -0.481 e. The van der Waals surface area contributed by atoms with Crippen molar-refractivity contribution in [3.05, 3.63) is 53.9 Å². The number of fused-ring (bicyclic) bond motifs is 1. The van der Waals surface area contributed by atoms with Crippen LogP contribution in [0.1, 0.15) is 19.4 Å². The molecule has 2 atom stereocenters. The number of carbonyl (C=O) groups is 1. The Morgan fingerprint density at radius 1 is 1.41 bits per heavy atom. The summed E-state index contributed by atoms with van der Waals surface area (Å²) in [7, 11) is -4.24. The summed E-state index contributed by atoms with van der Waals surface area (Å²) < 4.78 is 29.8. The van der Waals surface area contributed by atoms with E-state index in [4.69, 9.17) is 0 Å². The smallest absolute Gasteiger partial charge is 0.312 e. The minimum absolute atomic E-state index is 0.131. The number of carboxylic acids is 1. The maximum Gasteiger partial charge on any atom is 0.312 e. The van der Waals surface area contributed by atoms with Gasteiger partial charge in [0.15, 0.2) is 0 Å². The van der Waals surface area contributed by atoms with Crippen molar-refractivity contribution < 1.29 is 18.3 Å². The molecular formula is C17H19N5O4S. The molecule has 142 valence electrons. The first-order chi connectivity index (χ1) is 12.7. The van der Waals surface area contributed by atoms with E-state index in [0.29, 0.717) is 5.57 Å². The molecule has 2 aromatic rings. The third-order valence-electron chi connectivity index (χ3n) is 4.34. The van der Waals surface area contributed by atoms with Crippen LogP contribution in [0.2, 0.25) is 0 Å². The highest BCUT2D eigenvalue weighted by Gasteiger charge is 2.46. The van der Waals surface area contributed by atoms with Crippen LogP contribution < -0.4 is 4.72 Å². The van der Waals surface area contributed by atoms with E-state index in [1.807, 2.05) is 0 Å². The number of aryl methyl sites for hydroxylation is 1. The van der Waals surface area contributed by atoms with Gasteiger partial charge >= 0.3 is 5.97 Å². The monoisotopic (exact) mass is 389 g/mol. The number of rotatable bonds is 5. The van der Waals surface area contributed by atoms with Crippen LogP contribution in [0.25, 0.3) is 5.78 Å². The molecule has 1 aliphatic rings. The second-order valence-corrected chi connectivity index (χ2v) is 7.87. The number of nitrogens with zero attached hydrogens (tertiary/aromatic N) is 4. The predicted octanol–water partition coefficient (Wildman–Crippen LogP) is 1.24. The van der Waals surface area contributed by atoms with E-state index in [1.54, 1.807) is 51.4 Å². The van der Waals surface area contributed by atoms with E-state index in [2.05, 4.69) is 19.8 Å². The molecule has 0 aliphatic heterocycles. The minimum atomic E-state index is -4.24. The molecule has 0 amide bonds. The second-order valence-electron chi connectivity index (χ2n) is 6.30. The molecule has 0 bridgehead atoms. The van der Waals surface area contributed by atoms with Crippen molar-refractivity contribution in [3.63, 3.8) is 0 Å². The molecule has 2 N–H and O–H groups in total. The van der Waals surface area contributed by atoms with E-state index in [9.17, 15) is 18.3 Å². The fraction of sp³-hybridized carbons (Fsp3) is 0.294. The molecule has 3 rings (SSSR count). The zero-order valence-electron chi connectivity index (χ0n) is 15.0. The molecule has 1 aliphatic carbocycles. The van der Waals surface area contributed by atoms with E-state index in [0.717, 1.165) is 5.56 Å². The number of allylic oxidation sites excluding steroid dienone is 3. The fourth-order valence-corrected chi connectivity index (χ4v) is 4.33. The van der Waals surface area contributed by atoms with Crippen LogP contribution in [0.5, 0.6) is 0 Å². The summed E-state index contributed by atoms with van der Waals surface area (Å²) in [5, 5.41) is 13.1. The molecule has 9 nitrogen and oxygen atoms in total. The summed E-state index contributed by atoms with van der Waals surface area (Å²) in [6, 6.07) is 0. The number of aromatic nitrogens is 4. The molecule has 0 radical (unpaired) electrons. The van der Waals surface area contributed by atoms with Crippen LogP contribution in [-0.4, -0.2) is 44.6 Å². The van der Waals surface area contributed by atoms with Gasteiger partial charge in [0.2, 0.25) is 0 Å². The zero-order valence-corrected chi connectivity index (χ0v) is 15.8. The van der Waals surface area contributed by atoms with Crippen molar-refractivity contribution in [1.82, 2.24) is 24.3 Å². The van der Waals surface area contributed by atoms with Crippen LogP contribution in [0.3, 0.4) is 0 Å². The van der Waals surface area contributed by atoms with Crippen molar-refractivity contribution in [2.75, 3.05) is 0 Å². The Morgan fingerprint density at radius 2 is 2.15 bits per heavy atom. The van der Waals surface area contributed by atoms with E-state index in [1.165, 1.54) is 16.7 Å². The van der Waals surface area contributed by atoms with Gasteiger partial charge in [-0.2, -0.15) is 9.71 Å². The Labute approximate surface area is 156 Å². The Bertz CT molecular complexity index is 1100. The van der Waals surface area contributed by atoms with Crippen molar-refractivity contribution in [2.45, 2.75) is 31.5 Å². The van der Waals surface area contributed by atoms with Crippen LogP contribution in [0.15, 0.2) is 53.5 Å². The molecule has 2 aromatic heterocycles. The highest BCUT2D eigenvalue weighted by Crippen LogP contribution is 2.34. The van der Waals surface area contributed by atoms with Crippen LogP contribution in [0.4, 0.5) is 0 Å². The molecule has 0 saturated heterocycles. The average molecular weight is 389 g/mol. The first kappa shape index (κ1) is 18.9. The summed E-state index contributed by atoms with van der Waals surface area (Å²) in [5.41, 5.74) is -0.136. The van der Waals surface area contributed by atoms with Gasteiger partial charge in [0.1, 0.15) is 5.92 Å². The lowest BCUT2D eigenvalue weighted by Crippen LogP contribution is -2.55. The normalized spacial score (nSPS) is 23.1. The number of nitrogens with one attached hydrogen (secondary N) is 1. The number of aliphatic carboxylic acids is 1. The van der Waals surface area contributed by atoms with Gasteiger partial charge in [-0.25, -0.2) is 17.9 Å². The van der Waals surface area contributed by atoms with Gasteiger partial charge in [-0.3, -0.25) is 4.79 Å². The largest absolute Gasteiger partial charge is 0.481 e. The van der Waals surface area contributed by atoms with Crippen molar-refractivity contribution in [1.29, 1.82) is 0 Å². The Hall–Kier alpha value is -2.85. The number of hydrogen-bond acceptors (Lipinski definition) is 6. The second kappa shape index (κ2) is 6.71. The number of hydrogen-bond donors (Lipinski definition) is 2. The Balaban J connectivity index is 2.10. The highest BCUT2D eigenvalue weighted by atomic mass is 32.2. The summed E-state index contributed by atoms with van der Waals surface area (Å²) in [4.78, 5) is 19.8. The molecule has 2 unspecified atom stereocenters. The van der Waals surface area contributed by atoms with Gasteiger partial charge in [0, 0.05) is 12.4 Å². The van der Waals surface area contributed by atoms with E-state index < -0.39 is 32.6 Å². The maximum absolute atomic E-state index is 13.0. The van der Waals surface area contributed by atoms with Gasteiger partial charge in [-0.15, -0.1) is 5.10 Å². The molecule has 0 fully saturated rings. The van der Waals surface area contributed by atoms with Gasteiger partial charge in [0.25, 0.3) is 21.0 Å². The van der Waals surface area contributed by atoms with Gasteiger partial charge < -0.3 is 5.11 Å². The average Bonchev–Trinajstić information content (AvgIpc) is 3.01. The van der Waals surface area contributed by atoms with Crippen LogP contribution in [-0.2, 0) is 14.8 Å². The lowest BCUT2D eigenvalue weighted by atomic mass is 9.75. The van der Waals surface area contributed by atoms with Gasteiger partial charge in [0.05, 0.1) is 5.54 Å². The Morgan fingerprint density at radius 3 is 2.81 bits per heavy atom. The lowest BCUT2D eigenvalue weighted by Gasteiger charge is -2.37. The zero-order chi connectivity index (χ0) is 19.8. The third kappa shape index (κ3) is 3.28. The highest BCUT2D eigenvalue weighted by molar-refractivity contribution is 7.89. The Kier molecular flexibility index (Phi) is 4.70. The van der Waals surface area contributed by atoms with Crippen molar-refractivity contribution in [2.24, 2.45) is 5.92 Å². The van der Waals surface area contributed by atoms with Crippen molar-refractivity contribution in [3.8, 4) is 0 Å². The molecule has 2 heterocycles. The molecule has 0 aromatic carbocycles. The standard InChI is InChI=1S/C17H19N5O4S/c1-4-8-17(12(3)6-5-7-13(17)14(23)24)21-27(25,26)16-19-15-18-9-11(2)10-22(15)20-16/h4-10,13,21H,1-3H3,(H,23,24)/b8-4-. The van der Waals surface area contributed by atoms with E-state index in [-0.39, 0.29) is 5.78 Å². The van der Waals surface area contributed by atoms with Crippen molar-refractivity contribution >= 4 is 21.8 Å². The fourth-order valence-electron chi connectivity index (χ4n) is 3.04. The molecule has 10 heteroatoms.